The number of amides is 1. The van der Waals surface area contributed by atoms with Crippen molar-refractivity contribution >= 4 is 17.2 Å². The molecule has 4 aromatic rings. The molecule has 0 saturated heterocycles. The maximum absolute atomic E-state index is 12.9. The number of carbonyl (C=O) groups excluding carboxylic acids is 1. The van der Waals surface area contributed by atoms with Gasteiger partial charge in [0.1, 0.15) is 5.69 Å². The van der Waals surface area contributed by atoms with Crippen LogP contribution < -0.4 is 5.32 Å². The zero-order valence-electron chi connectivity index (χ0n) is 15.6. The zero-order chi connectivity index (χ0) is 19.5. The van der Waals surface area contributed by atoms with E-state index in [1.54, 1.807) is 28.4 Å². The van der Waals surface area contributed by atoms with E-state index in [1.807, 2.05) is 47.8 Å². The smallest absolute Gasteiger partial charge is 0.274 e. The molecule has 0 fully saturated rings. The third-order valence-corrected chi connectivity index (χ3v) is 5.45. The highest BCUT2D eigenvalue weighted by atomic mass is 32.1. The fourth-order valence-corrected chi connectivity index (χ4v) is 3.55. The summed E-state index contributed by atoms with van der Waals surface area (Å²) < 4.78 is 1.71. The average Bonchev–Trinajstić information content (AvgIpc) is 3.39. The molecule has 1 N–H and O–H groups in total. The Morgan fingerprint density at radius 3 is 2.64 bits per heavy atom. The number of aryl methyl sites for hydroxylation is 2. The van der Waals surface area contributed by atoms with Crippen LogP contribution >= 0.6 is 11.3 Å². The molecule has 0 aliphatic heterocycles. The van der Waals surface area contributed by atoms with Gasteiger partial charge in [-0.2, -0.15) is 0 Å². The van der Waals surface area contributed by atoms with Gasteiger partial charge in [-0.25, -0.2) is 4.68 Å². The predicted octanol–water partition coefficient (Wildman–Crippen LogP) is 3.94. The lowest BCUT2D eigenvalue weighted by atomic mass is 10.1. The van der Waals surface area contributed by atoms with Crippen molar-refractivity contribution in [1.29, 1.82) is 0 Å². The third kappa shape index (κ3) is 3.57. The lowest BCUT2D eigenvalue weighted by molar-refractivity contribution is 0.0947. The van der Waals surface area contributed by atoms with E-state index in [-0.39, 0.29) is 5.91 Å². The van der Waals surface area contributed by atoms with Crippen molar-refractivity contribution in [2.45, 2.75) is 20.4 Å². The van der Waals surface area contributed by atoms with Gasteiger partial charge in [-0.05, 0) is 60.7 Å². The summed E-state index contributed by atoms with van der Waals surface area (Å²) in [5.74, 6) is -0.254. The van der Waals surface area contributed by atoms with Gasteiger partial charge in [0.05, 0.1) is 12.2 Å². The van der Waals surface area contributed by atoms with Crippen LogP contribution in [0.3, 0.4) is 0 Å². The molecule has 0 saturated carbocycles. The minimum atomic E-state index is -0.254. The van der Waals surface area contributed by atoms with Crippen LogP contribution in [-0.4, -0.2) is 25.9 Å². The Balaban J connectivity index is 1.75. The average molecular weight is 389 g/mol. The van der Waals surface area contributed by atoms with Crippen molar-refractivity contribution in [1.82, 2.24) is 25.3 Å². The van der Waals surface area contributed by atoms with Gasteiger partial charge in [-0.3, -0.25) is 9.78 Å². The van der Waals surface area contributed by atoms with Crippen LogP contribution in [0.1, 0.15) is 26.5 Å². The Hall–Kier alpha value is -3.32. The molecule has 0 spiro atoms. The molecule has 0 aliphatic carbocycles. The first kappa shape index (κ1) is 18.1. The number of carbonyl (C=O) groups is 1. The van der Waals surface area contributed by atoms with Gasteiger partial charge < -0.3 is 5.32 Å². The first-order valence-corrected chi connectivity index (χ1v) is 9.76. The minimum absolute atomic E-state index is 0.254. The van der Waals surface area contributed by atoms with Crippen LogP contribution in [0.25, 0.3) is 16.9 Å². The summed E-state index contributed by atoms with van der Waals surface area (Å²) in [6, 6.07) is 13.7. The van der Waals surface area contributed by atoms with Gasteiger partial charge >= 0.3 is 0 Å². The number of benzene rings is 1. The quantitative estimate of drug-likeness (QED) is 0.561. The molecule has 1 aromatic carbocycles. The fourth-order valence-electron chi connectivity index (χ4n) is 2.91. The van der Waals surface area contributed by atoms with Gasteiger partial charge in [-0.1, -0.05) is 17.3 Å². The molecule has 0 bridgehead atoms. The molecular formula is C21H19N5OS. The number of thiophene rings is 1. The van der Waals surface area contributed by atoms with E-state index >= 15 is 0 Å². The Bertz CT molecular complexity index is 1100. The van der Waals surface area contributed by atoms with E-state index < -0.39 is 0 Å². The molecule has 4 rings (SSSR count). The molecule has 7 heteroatoms. The van der Waals surface area contributed by atoms with Crippen molar-refractivity contribution in [3.63, 3.8) is 0 Å². The molecule has 0 radical (unpaired) electrons. The van der Waals surface area contributed by atoms with Crippen molar-refractivity contribution in [2.75, 3.05) is 0 Å². The van der Waals surface area contributed by atoms with Gasteiger partial charge in [0, 0.05) is 22.8 Å². The number of pyridine rings is 1. The van der Waals surface area contributed by atoms with Crippen LogP contribution in [0, 0.1) is 13.8 Å². The lowest BCUT2D eigenvalue weighted by Gasteiger charge is -2.10. The van der Waals surface area contributed by atoms with Crippen LogP contribution in [0.15, 0.2) is 60.2 Å². The van der Waals surface area contributed by atoms with E-state index in [0.29, 0.717) is 17.9 Å². The first-order valence-electron chi connectivity index (χ1n) is 8.88. The normalized spacial score (nSPS) is 10.8. The van der Waals surface area contributed by atoms with Gasteiger partial charge in [0.15, 0.2) is 5.69 Å². The van der Waals surface area contributed by atoms with Gasteiger partial charge in [-0.15, -0.1) is 16.4 Å². The lowest BCUT2D eigenvalue weighted by Crippen LogP contribution is -2.23. The first-order chi connectivity index (χ1) is 13.6. The molecule has 3 aromatic heterocycles. The Labute approximate surface area is 166 Å². The summed E-state index contributed by atoms with van der Waals surface area (Å²) in [6.45, 7) is 4.58. The van der Waals surface area contributed by atoms with Gasteiger partial charge in [0.2, 0.25) is 0 Å². The molecule has 0 aliphatic rings. The molecule has 0 unspecified atom stereocenters. The largest absolute Gasteiger partial charge is 0.346 e. The second-order valence-electron chi connectivity index (χ2n) is 6.46. The fraction of sp³-hybridized carbons (Fsp3) is 0.143. The molecule has 3 heterocycles. The maximum Gasteiger partial charge on any atom is 0.274 e. The van der Waals surface area contributed by atoms with Crippen LogP contribution in [0.2, 0.25) is 0 Å². The summed E-state index contributed by atoms with van der Waals surface area (Å²) >= 11 is 1.60. The van der Waals surface area contributed by atoms with Crippen LogP contribution in [0.4, 0.5) is 0 Å². The van der Waals surface area contributed by atoms with E-state index in [4.69, 9.17) is 0 Å². The van der Waals surface area contributed by atoms with Crippen molar-refractivity contribution in [3.05, 3.63) is 81.9 Å². The van der Waals surface area contributed by atoms with E-state index in [0.717, 1.165) is 21.7 Å². The Morgan fingerprint density at radius 1 is 1.11 bits per heavy atom. The molecule has 28 heavy (non-hydrogen) atoms. The van der Waals surface area contributed by atoms with Crippen molar-refractivity contribution in [3.8, 4) is 16.9 Å². The highest BCUT2D eigenvalue weighted by molar-refractivity contribution is 7.09. The summed E-state index contributed by atoms with van der Waals surface area (Å²) in [6.07, 6.45) is 3.39. The third-order valence-electron chi connectivity index (χ3n) is 4.58. The summed E-state index contributed by atoms with van der Waals surface area (Å²) in [5, 5.41) is 13.4. The second kappa shape index (κ2) is 7.74. The van der Waals surface area contributed by atoms with Crippen LogP contribution in [0.5, 0.6) is 0 Å². The van der Waals surface area contributed by atoms with Crippen molar-refractivity contribution < 1.29 is 4.79 Å². The number of aromatic nitrogens is 4. The predicted molar refractivity (Wildman–Crippen MR) is 110 cm³/mol. The summed E-state index contributed by atoms with van der Waals surface area (Å²) in [7, 11) is 0. The van der Waals surface area contributed by atoms with Gasteiger partial charge in [0.25, 0.3) is 5.91 Å². The zero-order valence-corrected chi connectivity index (χ0v) is 16.4. The molecule has 6 nitrogen and oxygen atoms in total. The standard InChI is InChI=1S/C21H19N5OS/c1-14-5-6-17(12-15(14)2)26-20(16-7-9-22-10-8-16)19(24-25-26)21(27)23-13-18-4-3-11-28-18/h3-12H,13H2,1-2H3,(H,23,27). The number of nitrogens with one attached hydrogen (secondary N) is 1. The maximum atomic E-state index is 12.9. The van der Waals surface area contributed by atoms with E-state index in [9.17, 15) is 4.79 Å². The van der Waals surface area contributed by atoms with Crippen molar-refractivity contribution in [2.24, 2.45) is 0 Å². The highest BCUT2D eigenvalue weighted by Gasteiger charge is 2.22. The number of hydrogen-bond donors (Lipinski definition) is 1. The topological polar surface area (TPSA) is 72.7 Å². The SMILES string of the molecule is Cc1ccc(-n2nnc(C(=O)NCc3cccs3)c2-c2ccncc2)cc1C. The van der Waals surface area contributed by atoms with Crippen LogP contribution in [-0.2, 0) is 6.54 Å². The summed E-state index contributed by atoms with van der Waals surface area (Å²) in [4.78, 5) is 18.0. The highest BCUT2D eigenvalue weighted by Crippen LogP contribution is 2.26. The Kier molecular flexibility index (Phi) is 4.99. The molecule has 140 valence electrons. The molecule has 1 amide bonds. The number of rotatable bonds is 5. The second-order valence-corrected chi connectivity index (χ2v) is 7.50. The molecule has 0 atom stereocenters. The Morgan fingerprint density at radius 2 is 1.93 bits per heavy atom. The number of nitrogens with zero attached hydrogens (tertiary/aromatic N) is 4. The molecular weight excluding hydrogens is 370 g/mol. The van der Waals surface area contributed by atoms with E-state index in [1.165, 1.54) is 5.56 Å². The van der Waals surface area contributed by atoms with E-state index in [2.05, 4.69) is 34.5 Å². The minimum Gasteiger partial charge on any atom is -0.346 e. The summed E-state index contributed by atoms with van der Waals surface area (Å²) in [5.41, 5.74) is 4.98. The monoisotopic (exact) mass is 389 g/mol. The number of hydrogen-bond acceptors (Lipinski definition) is 5.